The van der Waals surface area contributed by atoms with Crippen molar-refractivity contribution in [3.8, 4) is 0 Å². The van der Waals surface area contributed by atoms with Crippen LogP contribution in [0.15, 0.2) is 52.5 Å². The molecule has 5 rings (SSSR count). The van der Waals surface area contributed by atoms with Gasteiger partial charge in [0.25, 0.3) is 5.91 Å². The van der Waals surface area contributed by atoms with Gasteiger partial charge < -0.3 is 25.2 Å². The van der Waals surface area contributed by atoms with Gasteiger partial charge in [0.15, 0.2) is 5.17 Å². The first-order valence-corrected chi connectivity index (χ1v) is 15.3. The van der Waals surface area contributed by atoms with Gasteiger partial charge in [0, 0.05) is 49.4 Å². The number of likely N-dealkylation sites (N-methyl/N-ethyl adjacent to an activating group) is 1. The van der Waals surface area contributed by atoms with Crippen molar-refractivity contribution in [3.63, 3.8) is 0 Å². The molecular weight excluding hydrogens is 588 g/mol. The number of nitrogens with one attached hydrogen (secondary N) is 2. The summed E-state index contributed by atoms with van der Waals surface area (Å²) in [6.07, 6.45) is 3.36. The van der Waals surface area contributed by atoms with Crippen LogP contribution < -0.4 is 15.5 Å². The van der Waals surface area contributed by atoms with Crippen molar-refractivity contribution >= 4 is 80.4 Å². The van der Waals surface area contributed by atoms with Gasteiger partial charge >= 0.3 is 5.97 Å². The molecule has 12 heteroatoms. The molecule has 0 aliphatic carbocycles. The normalized spacial score (nSPS) is 16.6. The van der Waals surface area contributed by atoms with E-state index < -0.39 is 5.97 Å². The number of benzene rings is 2. The number of fused-ring (bicyclic) bond motifs is 1. The molecule has 1 saturated heterocycles. The average Bonchev–Trinajstić information content (AvgIpc) is 3.32. The van der Waals surface area contributed by atoms with Crippen molar-refractivity contribution < 1.29 is 19.1 Å². The van der Waals surface area contributed by atoms with E-state index in [1.54, 1.807) is 37.4 Å². The van der Waals surface area contributed by atoms with E-state index in [2.05, 4.69) is 37.5 Å². The maximum absolute atomic E-state index is 12.9. The van der Waals surface area contributed by atoms with Gasteiger partial charge in [-0.1, -0.05) is 31.5 Å². The number of rotatable bonds is 7. The van der Waals surface area contributed by atoms with Crippen LogP contribution in [0.4, 0.5) is 17.1 Å². The SMILES string of the molecule is CCOC(=O)c1cnc2ccc(/C=C3/SC(Nc4cc(NC(=O)C(C)C)ccc4Cl)=NC3=O)cc2c1N1CCN(C)CC1. The lowest BCUT2D eigenvalue weighted by Crippen LogP contribution is -2.45. The third-order valence-corrected chi connectivity index (χ3v) is 8.33. The highest BCUT2D eigenvalue weighted by Crippen LogP contribution is 2.35. The minimum Gasteiger partial charge on any atom is -0.462 e. The molecule has 0 unspecified atom stereocenters. The number of hydrogen-bond donors (Lipinski definition) is 2. The Balaban J connectivity index is 1.42. The highest BCUT2D eigenvalue weighted by atomic mass is 35.5. The summed E-state index contributed by atoms with van der Waals surface area (Å²) >= 11 is 7.58. The lowest BCUT2D eigenvalue weighted by atomic mass is 10.0. The predicted octanol–water partition coefficient (Wildman–Crippen LogP) is 5.49. The highest BCUT2D eigenvalue weighted by Gasteiger charge is 2.26. The molecule has 3 aromatic rings. The molecule has 2 N–H and O–H groups in total. The van der Waals surface area contributed by atoms with E-state index in [0.717, 1.165) is 48.3 Å². The largest absolute Gasteiger partial charge is 0.462 e. The van der Waals surface area contributed by atoms with E-state index >= 15 is 0 Å². The molecule has 2 aliphatic rings. The van der Waals surface area contributed by atoms with Gasteiger partial charge in [-0.2, -0.15) is 4.99 Å². The third-order valence-electron chi connectivity index (χ3n) is 7.10. The molecule has 1 fully saturated rings. The van der Waals surface area contributed by atoms with Crippen molar-refractivity contribution in [1.29, 1.82) is 0 Å². The Labute approximate surface area is 259 Å². The molecular formula is C31H33ClN6O4S. The van der Waals surface area contributed by atoms with Crippen LogP contribution in [-0.2, 0) is 14.3 Å². The van der Waals surface area contributed by atoms with E-state index in [-0.39, 0.29) is 24.3 Å². The van der Waals surface area contributed by atoms with E-state index in [4.69, 9.17) is 16.3 Å². The number of hydrogen-bond acceptors (Lipinski definition) is 9. The zero-order valence-electron chi connectivity index (χ0n) is 24.4. The second-order valence-electron chi connectivity index (χ2n) is 10.6. The lowest BCUT2D eigenvalue weighted by molar-refractivity contribution is -0.119. The molecule has 224 valence electrons. The van der Waals surface area contributed by atoms with Crippen LogP contribution in [0.2, 0.25) is 5.02 Å². The van der Waals surface area contributed by atoms with Crippen molar-refractivity contribution in [2.75, 3.05) is 55.4 Å². The molecule has 0 bridgehead atoms. The quantitative estimate of drug-likeness (QED) is 0.261. The van der Waals surface area contributed by atoms with Gasteiger partial charge in [-0.15, -0.1) is 0 Å². The van der Waals surface area contributed by atoms with Crippen molar-refractivity contribution in [2.24, 2.45) is 10.9 Å². The van der Waals surface area contributed by atoms with Crippen LogP contribution in [0, 0.1) is 5.92 Å². The number of carbonyl (C=O) groups excluding carboxylic acids is 3. The molecule has 0 radical (unpaired) electrons. The van der Waals surface area contributed by atoms with Crippen LogP contribution in [0.5, 0.6) is 0 Å². The Hall–Kier alpha value is -3.93. The topological polar surface area (TPSA) is 116 Å². The fourth-order valence-electron chi connectivity index (χ4n) is 4.73. The first kappa shape index (κ1) is 30.5. The fraction of sp³-hybridized carbons (Fsp3) is 0.323. The van der Waals surface area contributed by atoms with E-state index in [9.17, 15) is 14.4 Å². The van der Waals surface area contributed by atoms with E-state index in [1.807, 2.05) is 32.0 Å². The summed E-state index contributed by atoms with van der Waals surface area (Å²) in [7, 11) is 2.08. The fourth-order valence-corrected chi connectivity index (χ4v) is 5.72. The Bertz CT molecular complexity index is 1650. The summed E-state index contributed by atoms with van der Waals surface area (Å²) in [5.74, 6) is -1.08. The highest BCUT2D eigenvalue weighted by molar-refractivity contribution is 8.18. The first-order chi connectivity index (χ1) is 20.6. The number of amides is 2. The van der Waals surface area contributed by atoms with Gasteiger partial charge in [-0.25, -0.2) is 4.79 Å². The van der Waals surface area contributed by atoms with Crippen LogP contribution >= 0.6 is 23.4 Å². The number of aliphatic imine (C=N–C) groups is 1. The number of amidine groups is 1. The monoisotopic (exact) mass is 620 g/mol. The zero-order valence-corrected chi connectivity index (χ0v) is 26.0. The number of thioether (sulfide) groups is 1. The number of pyridine rings is 1. The standard InChI is InChI=1S/C31H33ClN6O4S/c1-5-42-30(41)22-17-33-24-9-6-19(14-21(24)27(22)38-12-10-37(4)11-13-38)15-26-29(40)36-31(43-26)35-25-16-20(7-8-23(25)32)34-28(39)18(2)3/h6-9,14-18H,5,10-13H2,1-4H3,(H,34,39)(H,35,36,40)/b26-15+. The number of nitrogens with zero attached hydrogens (tertiary/aromatic N) is 4. The van der Waals surface area contributed by atoms with Crippen LogP contribution in [-0.4, -0.2) is 72.7 Å². The number of piperazine rings is 1. The maximum atomic E-state index is 12.9. The van der Waals surface area contributed by atoms with Crippen molar-refractivity contribution in [2.45, 2.75) is 20.8 Å². The zero-order chi connectivity index (χ0) is 30.7. The second kappa shape index (κ2) is 13.2. The minimum absolute atomic E-state index is 0.114. The van der Waals surface area contributed by atoms with Crippen LogP contribution in [0.1, 0.15) is 36.7 Å². The Morgan fingerprint density at radius 1 is 1.14 bits per heavy atom. The molecule has 1 aromatic heterocycles. The van der Waals surface area contributed by atoms with Crippen LogP contribution in [0.3, 0.4) is 0 Å². The van der Waals surface area contributed by atoms with Gasteiger partial charge in [0.05, 0.1) is 33.4 Å². The summed E-state index contributed by atoms with van der Waals surface area (Å²) in [6.45, 7) is 8.92. The molecule has 10 nitrogen and oxygen atoms in total. The molecule has 0 spiro atoms. The molecule has 2 amide bonds. The maximum Gasteiger partial charge on any atom is 0.341 e. The summed E-state index contributed by atoms with van der Waals surface area (Å²) in [6, 6.07) is 10.8. The third kappa shape index (κ3) is 7.01. The Morgan fingerprint density at radius 3 is 2.63 bits per heavy atom. The average molecular weight is 621 g/mol. The van der Waals surface area contributed by atoms with Gasteiger partial charge in [-0.05, 0) is 67.7 Å². The second-order valence-corrected chi connectivity index (χ2v) is 12.0. The van der Waals surface area contributed by atoms with Crippen molar-refractivity contribution in [1.82, 2.24) is 9.88 Å². The molecule has 3 heterocycles. The van der Waals surface area contributed by atoms with Crippen molar-refractivity contribution in [3.05, 3.63) is 63.6 Å². The predicted molar refractivity (Wildman–Crippen MR) is 174 cm³/mol. The molecule has 43 heavy (non-hydrogen) atoms. The number of aromatic nitrogens is 1. The number of anilines is 3. The van der Waals surface area contributed by atoms with Crippen LogP contribution in [0.25, 0.3) is 17.0 Å². The van der Waals surface area contributed by atoms with E-state index in [0.29, 0.717) is 32.0 Å². The molecule has 2 aromatic carbocycles. The smallest absolute Gasteiger partial charge is 0.341 e. The molecule has 2 aliphatic heterocycles. The summed E-state index contributed by atoms with van der Waals surface area (Å²) in [5, 5.41) is 7.56. The molecule has 0 saturated carbocycles. The number of ether oxygens (including phenoxy) is 1. The first-order valence-electron chi connectivity index (χ1n) is 14.1. The van der Waals surface area contributed by atoms with Gasteiger partial charge in [-0.3, -0.25) is 14.6 Å². The summed E-state index contributed by atoms with van der Waals surface area (Å²) < 4.78 is 5.36. The Kier molecular flexibility index (Phi) is 9.34. The lowest BCUT2D eigenvalue weighted by Gasteiger charge is -2.35. The number of carbonyl (C=O) groups is 3. The Morgan fingerprint density at radius 2 is 1.91 bits per heavy atom. The number of esters is 1. The van der Waals surface area contributed by atoms with E-state index in [1.165, 1.54) is 11.8 Å². The van der Waals surface area contributed by atoms with Gasteiger partial charge in [0.2, 0.25) is 5.91 Å². The summed E-state index contributed by atoms with van der Waals surface area (Å²) in [4.78, 5) is 51.5. The van der Waals surface area contributed by atoms with Gasteiger partial charge in [0.1, 0.15) is 5.56 Å². The summed E-state index contributed by atoms with van der Waals surface area (Å²) in [5.41, 5.74) is 3.83. The minimum atomic E-state index is -0.410. The molecule has 0 atom stereocenters. The number of halogens is 1.